The Morgan fingerprint density at radius 3 is 2.33 bits per heavy atom. The van der Waals surface area contributed by atoms with Crippen LogP contribution in [-0.4, -0.2) is 12.5 Å². The third kappa shape index (κ3) is 3.39. The van der Waals surface area contributed by atoms with Crippen molar-refractivity contribution < 1.29 is 4.79 Å². The number of nitrogens with zero attached hydrogens (tertiary/aromatic N) is 1. The van der Waals surface area contributed by atoms with Crippen molar-refractivity contribution in [1.29, 1.82) is 0 Å². The minimum Gasteiger partial charge on any atom is -0.312 e. The molecule has 0 aromatic heterocycles. The van der Waals surface area contributed by atoms with Gasteiger partial charge in [0.15, 0.2) is 0 Å². The zero-order chi connectivity index (χ0) is 11.1. The number of rotatable bonds is 5. The maximum absolute atomic E-state index is 11.9. The van der Waals surface area contributed by atoms with E-state index in [2.05, 4.69) is 6.92 Å². The first-order chi connectivity index (χ1) is 7.29. The first kappa shape index (κ1) is 11.8. The lowest BCUT2D eigenvalue weighted by Crippen LogP contribution is -2.31. The lowest BCUT2D eigenvalue weighted by molar-refractivity contribution is -0.118. The predicted octanol–water partition coefficient (Wildman–Crippen LogP) is 3.23. The summed E-state index contributed by atoms with van der Waals surface area (Å²) in [6.07, 6.45) is 2.53. The fourth-order valence-electron chi connectivity index (χ4n) is 1.58. The van der Waals surface area contributed by atoms with Crippen molar-refractivity contribution in [2.45, 2.75) is 33.1 Å². The third-order valence-electron chi connectivity index (χ3n) is 2.28. The van der Waals surface area contributed by atoms with E-state index >= 15 is 0 Å². The van der Waals surface area contributed by atoms with E-state index in [1.54, 1.807) is 0 Å². The highest BCUT2D eigenvalue weighted by Crippen LogP contribution is 2.15. The van der Waals surface area contributed by atoms with Crippen LogP contribution in [0, 0.1) is 0 Å². The quantitative estimate of drug-likeness (QED) is 0.722. The van der Waals surface area contributed by atoms with Gasteiger partial charge in [-0.1, -0.05) is 32.0 Å². The van der Waals surface area contributed by atoms with Crippen molar-refractivity contribution in [3.8, 4) is 0 Å². The SMILES string of the molecule is CCCC(=O)N(CCC)c1ccccc1. The topological polar surface area (TPSA) is 20.3 Å². The van der Waals surface area contributed by atoms with E-state index in [0.717, 1.165) is 25.1 Å². The molecule has 0 radical (unpaired) electrons. The van der Waals surface area contributed by atoms with Crippen LogP contribution in [-0.2, 0) is 4.79 Å². The maximum atomic E-state index is 11.9. The molecule has 0 N–H and O–H groups in total. The van der Waals surface area contributed by atoms with Gasteiger partial charge in [0.1, 0.15) is 0 Å². The van der Waals surface area contributed by atoms with E-state index in [0.29, 0.717) is 6.42 Å². The summed E-state index contributed by atoms with van der Waals surface area (Å²) >= 11 is 0. The van der Waals surface area contributed by atoms with E-state index in [1.807, 2.05) is 42.2 Å². The summed E-state index contributed by atoms with van der Waals surface area (Å²) < 4.78 is 0. The van der Waals surface area contributed by atoms with E-state index in [4.69, 9.17) is 0 Å². The van der Waals surface area contributed by atoms with E-state index in [-0.39, 0.29) is 5.91 Å². The Labute approximate surface area is 91.9 Å². The summed E-state index contributed by atoms with van der Waals surface area (Å²) in [5.74, 6) is 0.227. The fraction of sp³-hybridized carbons (Fsp3) is 0.462. The van der Waals surface area contributed by atoms with Crippen molar-refractivity contribution in [3.05, 3.63) is 30.3 Å². The summed E-state index contributed by atoms with van der Waals surface area (Å²) in [5, 5.41) is 0. The number of para-hydroxylation sites is 1. The van der Waals surface area contributed by atoms with Gasteiger partial charge >= 0.3 is 0 Å². The number of amides is 1. The Bertz CT molecular complexity index is 295. The molecule has 1 amide bonds. The van der Waals surface area contributed by atoms with E-state index in [1.165, 1.54) is 0 Å². The van der Waals surface area contributed by atoms with E-state index < -0.39 is 0 Å². The molecule has 0 bridgehead atoms. The Balaban J connectivity index is 2.78. The molecular formula is C13H19NO. The summed E-state index contributed by atoms with van der Waals surface area (Å²) in [7, 11) is 0. The highest BCUT2D eigenvalue weighted by Gasteiger charge is 2.12. The largest absolute Gasteiger partial charge is 0.312 e. The maximum Gasteiger partial charge on any atom is 0.226 e. The molecule has 0 heterocycles. The van der Waals surface area contributed by atoms with Crippen molar-refractivity contribution in [2.75, 3.05) is 11.4 Å². The lowest BCUT2D eigenvalue weighted by Gasteiger charge is -2.22. The molecule has 1 aromatic rings. The molecule has 82 valence electrons. The lowest BCUT2D eigenvalue weighted by atomic mass is 10.2. The van der Waals surface area contributed by atoms with Crippen LogP contribution in [0.4, 0.5) is 5.69 Å². The van der Waals surface area contributed by atoms with Gasteiger partial charge in [-0.25, -0.2) is 0 Å². The molecule has 0 unspecified atom stereocenters. The Morgan fingerprint density at radius 2 is 1.80 bits per heavy atom. The normalized spacial score (nSPS) is 10.0. The summed E-state index contributed by atoms with van der Waals surface area (Å²) in [6, 6.07) is 9.89. The smallest absolute Gasteiger partial charge is 0.226 e. The highest BCUT2D eigenvalue weighted by atomic mass is 16.2. The predicted molar refractivity (Wildman–Crippen MR) is 64.0 cm³/mol. The molecule has 2 nitrogen and oxygen atoms in total. The molecule has 1 rings (SSSR count). The standard InChI is InChI=1S/C13H19NO/c1-3-8-13(15)14(11-4-2)12-9-6-5-7-10-12/h5-7,9-10H,3-4,8,11H2,1-2H3. The van der Waals surface area contributed by atoms with Crippen LogP contribution < -0.4 is 4.90 Å². The number of carbonyl (C=O) groups excluding carboxylic acids is 1. The Kier molecular flexibility index (Phi) is 4.88. The second kappa shape index (κ2) is 6.23. The van der Waals surface area contributed by atoms with Crippen molar-refractivity contribution in [1.82, 2.24) is 0 Å². The molecule has 0 saturated carbocycles. The zero-order valence-electron chi connectivity index (χ0n) is 9.57. The molecule has 0 atom stereocenters. The monoisotopic (exact) mass is 205 g/mol. The van der Waals surface area contributed by atoms with Gasteiger partial charge in [0.25, 0.3) is 0 Å². The van der Waals surface area contributed by atoms with Crippen molar-refractivity contribution >= 4 is 11.6 Å². The summed E-state index contributed by atoms with van der Waals surface area (Å²) in [6.45, 7) is 4.94. The van der Waals surface area contributed by atoms with Crippen molar-refractivity contribution in [3.63, 3.8) is 0 Å². The van der Waals surface area contributed by atoms with Gasteiger partial charge in [-0.05, 0) is 25.0 Å². The highest BCUT2D eigenvalue weighted by molar-refractivity contribution is 5.93. The second-order valence-corrected chi connectivity index (χ2v) is 3.63. The van der Waals surface area contributed by atoms with Crippen LogP contribution in [0.5, 0.6) is 0 Å². The molecule has 0 saturated heterocycles. The van der Waals surface area contributed by atoms with Gasteiger partial charge in [0, 0.05) is 18.7 Å². The molecule has 0 aliphatic carbocycles. The minimum atomic E-state index is 0.227. The van der Waals surface area contributed by atoms with Gasteiger partial charge in [0.05, 0.1) is 0 Å². The number of hydrogen-bond donors (Lipinski definition) is 0. The van der Waals surface area contributed by atoms with Crippen LogP contribution >= 0.6 is 0 Å². The molecular weight excluding hydrogens is 186 g/mol. The van der Waals surface area contributed by atoms with Crippen LogP contribution in [0.1, 0.15) is 33.1 Å². The Hall–Kier alpha value is -1.31. The fourth-order valence-corrected chi connectivity index (χ4v) is 1.58. The third-order valence-corrected chi connectivity index (χ3v) is 2.28. The van der Waals surface area contributed by atoms with Crippen LogP contribution in [0.25, 0.3) is 0 Å². The average Bonchev–Trinajstić information content (AvgIpc) is 2.27. The van der Waals surface area contributed by atoms with Gasteiger partial charge in [-0.2, -0.15) is 0 Å². The van der Waals surface area contributed by atoms with Crippen molar-refractivity contribution in [2.24, 2.45) is 0 Å². The van der Waals surface area contributed by atoms with Crippen LogP contribution in [0.15, 0.2) is 30.3 Å². The summed E-state index contributed by atoms with van der Waals surface area (Å²) in [4.78, 5) is 13.7. The molecule has 0 aliphatic rings. The minimum absolute atomic E-state index is 0.227. The van der Waals surface area contributed by atoms with Gasteiger partial charge in [0.2, 0.25) is 5.91 Å². The Morgan fingerprint density at radius 1 is 1.13 bits per heavy atom. The molecule has 0 aliphatic heterocycles. The zero-order valence-corrected chi connectivity index (χ0v) is 9.57. The van der Waals surface area contributed by atoms with Gasteiger partial charge < -0.3 is 4.90 Å². The average molecular weight is 205 g/mol. The first-order valence-corrected chi connectivity index (χ1v) is 5.65. The van der Waals surface area contributed by atoms with Crippen LogP contribution in [0.3, 0.4) is 0 Å². The second-order valence-electron chi connectivity index (χ2n) is 3.63. The molecule has 1 aromatic carbocycles. The number of hydrogen-bond acceptors (Lipinski definition) is 1. The number of anilines is 1. The summed E-state index contributed by atoms with van der Waals surface area (Å²) in [5.41, 5.74) is 1.01. The number of benzene rings is 1. The molecule has 0 fully saturated rings. The first-order valence-electron chi connectivity index (χ1n) is 5.65. The van der Waals surface area contributed by atoms with E-state index in [9.17, 15) is 4.79 Å². The molecule has 2 heteroatoms. The van der Waals surface area contributed by atoms with Gasteiger partial charge in [-0.15, -0.1) is 0 Å². The number of carbonyl (C=O) groups is 1. The molecule has 0 spiro atoms. The van der Waals surface area contributed by atoms with Gasteiger partial charge in [-0.3, -0.25) is 4.79 Å². The molecule has 15 heavy (non-hydrogen) atoms. The van der Waals surface area contributed by atoms with Crippen LogP contribution in [0.2, 0.25) is 0 Å².